The van der Waals surface area contributed by atoms with Gasteiger partial charge in [0.1, 0.15) is 17.2 Å². The molecule has 0 radical (unpaired) electrons. The number of hydrogen-bond donors (Lipinski definition) is 1. The second kappa shape index (κ2) is 6.68. The quantitative estimate of drug-likeness (QED) is 0.542. The van der Waals surface area contributed by atoms with Crippen LogP contribution < -0.4 is 5.32 Å². The molecule has 0 saturated heterocycles. The van der Waals surface area contributed by atoms with Gasteiger partial charge in [-0.2, -0.15) is 0 Å². The van der Waals surface area contributed by atoms with E-state index < -0.39 is 5.82 Å². The molecule has 0 fully saturated rings. The first-order valence-electron chi connectivity index (χ1n) is 7.74. The van der Waals surface area contributed by atoms with E-state index in [0.29, 0.717) is 17.9 Å². The van der Waals surface area contributed by atoms with Gasteiger partial charge in [0.25, 0.3) is 0 Å². The fourth-order valence-electron chi connectivity index (χ4n) is 2.59. The molecule has 0 bridgehead atoms. The van der Waals surface area contributed by atoms with Crippen molar-refractivity contribution in [1.29, 1.82) is 0 Å². The van der Waals surface area contributed by atoms with Crippen LogP contribution in [0.3, 0.4) is 0 Å². The first kappa shape index (κ1) is 16.4. The summed E-state index contributed by atoms with van der Waals surface area (Å²) in [5, 5.41) is 3.20. The minimum Gasteiger partial charge on any atom is -0.380 e. The average molecular weight is 372 g/mol. The number of rotatable bonds is 4. The number of nitrogens with one attached hydrogen (secondary N) is 1. The zero-order valence-electron chi connectivity index (χ0n) is 13.3. The molecule has 130 valence electrons. The Morgan fingerprint density at radius 2 is 1.81 bits per heavy atom. The predicted octanol–water partition coefficient (Wildman–Crippen LogP) is 4.34. The lowest BCUT2D eigenvalue weighted by Gasteiger charge is -2.09. The minimum atomic E-state index is -0.583. The van der Waals surface area contributed by atoms with Crippen LogP contribution in [0, 0.1) is 11.6 Å². The lowest BCUT2D eigenvalue weighted by molar-refractivity contribution is 0.617. The lowest BCUT2D eigenvalue weighted by atomic mass is 10.2. The zero-order chi connectivity index (χ0) is 18.1. The van der Waals surface area contributed by atoms with Crippen LogP contribution in [0.4, 0.5) is 14.5 Å². The Labute approximate surface area is 152 Å². The summed E-state index contributed by atoms with van der Waals surface area (Å²) in [7, 11) is 0. The summed E-state index contributed by atoms with van der Waals surface area (Å²) >= 11 is 5.79. The highest BCUT2D eigenvalue weighted by Gasteiger charge is 2.14. The normalized spacial score (nSPS) is 11.0. The first-order valence-corrected chi connectivity index (χ1v) is 8.12. The molecule has 3 heterocycles. The highest BCUT2D eigenvalue weighted by Crippen LogP contribution is 2.24. The van der Waals surface area contributed by atoms with Crippen molar-refractivity contribution < 1.29 is 8.78 Å². The molecule has 0 aliphatic rings. The summed E-state index contributed by atoms with van der Waals surface area (Å²) in [6, 6.07) is 9.91. The number of benzene rings is 1. The maximum absolute atomic E-state index is 14.1. The number of anilines is 1. The third-order valence-electron chi connectivity index (χ3n) is 3.87. The SMILES string of the molecule is Fc1ccc(CNc2ccc3ncc(-c4nc(Cl)ncc4F)n3c2)cc1. The van der Waals surface area contributed by atoms with Gasteiger partial charge in [-0.25, -0.2) is 23.7 Å². The zero-order valence-corrected chi connectivity index (χ0v) is 14.1. The van der Waals surface area contributed by atoms with Crippen molar-refractivity contribution in [3.05, 3.63) is 77.5 Å². The summed E-state index contributed by atoms with van der Waals surface area (Å²) in [6.07, 6.45) is 4.35. The summed E-state index contributed by atoms with van der Waals surface area (Å²) in [5.74, 6) is -0.857. The van der Waals surface area contributed by atoms with Crippen LogP contribution >= 0.6 is 11.6 Å². The number of imidazole rings is 1. The van der Waals surface area contributed by atoms with Gasteiger partial charge in [-0.05, 0) is 41.4 Å². The average Bonchev–Trinajstić information content (AvgIpc) is 3.06. The molecule has 1 aromatic carbocycles. The molecule has 0 atom stereocenters. The maximum atomic E-state index is 14.1. The van der Waals surface area contributed by atoms with Gasteiger partial charge in [0, 0.05) is 12.7 Å². The fourth-order valence-corrected chi connectivity index (χ4v) is 2.73. The summed E-state index contributed by atoms with van der Waals surface area (Å²) in [6.45, 7) is 0.517. The summed E-state index contributed by atoms with van der Waals surface area (Å²) in [5.41, 5.74) is 2.91. The van der Waals surface area contributed by atoms with Crippen LogP contribution in [0.1, 0.15) is 5.56 Å². The third-order valence-corrected chi connectivity index (χ3v) is 4.05. The molecule has 0 spiro atoms. The van der Waals surface area contributed by atoms with Crippen LogP contribution in [0.5, 0.6) is 0 Å². The van der Waals surface area contributed by atoms with E-state index in [9.17, 15) is 8.78 Å². The molecule has 0 aliphatic heterocycles. The third kappa shape index (κ3) is 3.21. The number of fused-ring (bicyclic) bond motifs is 1. The Morgan fingerprint density at radius 1 is 1.00 bits per heavy atom. The Bertz CT molecular complexity index is 1080. The molecule has 0 aliphatic carbocycles. The number of aromatic nitrogens is 4. The number of nitrogens with zero attached hydrogens (tertiary/aromatic N) is 4. The van der Waals surface area contributed by atoms with Crippen molar-refractivity contribution in [2.75, 3.05) is 5.32 Å². The van der Waals surface area contributed by atoms with Crippen molar-refractivity contribution in [2.24, 2.45) is 0 Å². The minimum absolute atomic E-state index is 0.0399. The van der Waals surface area contributed by atoms with E-state index >= 15 is 0 Å². The van der Waals surface area contributed by atoms with Gasteiger partial charge in [-0.3, -0.25) is 4.40 Å². The Morgan fingerprint density at radius 3 is 2.62 bits per heavy atom. The van der Waals surface area contributed by atoms with Crippen LogP contribution in [0.2, 0.25) is 5.28 Å². The second-order valence-electron chi connectivity index (χ2n) is 5.61. The maximum Gasteiger partial charge on any atom is 0.223 e. The van der Waals surface area contributed by atoms with Gasteiger partial charge >= 0.3 is 0 Å². The van der Waals surface area contributed by atoms with E-state index in [-0.39, 0.29) is 16.8 Å². The molecule has 0 unspecified atom stereocenters. The molecule has 8 heteroatoms. The van der Waals surface area contributed by atoms with Crippen molar-refractivity contribution >= 4 is 22.9 Å². The van der Waals surface area contributed by atoms with Crippen LogP contribution in [-0.2, 0) is 6.54 Å². The van der Waals surface area contributed by atoms with Gasteiger partial charge in [-0.15, -0.1) is 0 Å². The van der Waals surface area contributed by atoms with Crippen molar-refractivity contribution in [2.45, 2.75) is 6.54 Å². The number of halogens is 3. The van der Waals surface area contributed by atoms with Crippen molar-refractivity contribution in [1.82, 2.24) is 19.4 Å². The molecule has 1 N–H and O–H groups in total. The fraction of sp³-hybridized carbons (Fsp3) is 0.0556. The van der Waals surface area contributed by atoms with Gasteiger partial charge < -0.3 is 5.32 Å². The molecule has 26 heavy (non-hydrogen) atoms. The van der Waals surface area contributed by atoms with Gasteiger partial charge in [0.05, 0.1) is 23.8 Å². The predicted molar refractivity (Wildman–Crippen MR) is 94.9 cm³/mol. The van der Waals surface area contributed by atoms with Gasteiger partial charge in [-0.1, -0.05) is 12.1 Å². The van der Waals surface area contributed by atoms with Crippen molar-refractivity contribution in [3.63, 3.8) is 0 Å². The molecule has 5 nitrogen and oxygen atoms in total. The molecule has 3 aromatic heterocycles. The van der Waals surface area contributed by atoms with E-state index in [0.717, 1.165) is 17.4 Å². The topological polar surface area (TPSA) is 55.1 Å². The van der Waals surface area contributed by atoms with Gasteiger partial charge in [0.2, 0.25) is 5.28 Å². The number of hydrogen-bond acceptors (Lipinski definition) is 4. The highest BCUT2D eigenvalue weighted by atomic mass is 35.5. The van der Waals surface area contributed by atoms with E-state index in [4.69, 9.17) is 11.6 Å². The van der Waals surface area contributed by atoms with Crippen molar-refractivity contribution in [3.8, 4) is 11.4 Å². The Hall–Kier alpha value is -3.06. The second-order valence-corrected chi connectivity index (χ2v) is 5.94. The largest absolute Gasteiger partial charge is 0.380 e. The molecule has 4 rings (SSSR count). The van der Waals surface area contributed by atoms with E-state index in [1.54, 1.807) is 28.8 Å². The first-order chi connectivity index (χ1) is 12.6. The highest BCUT2D eigenvalue weighted by molar-refractivity contribution is 6.28. The van der Waals surface area contributed by atoms with Crippen LogP contribution in [-0.4, -0.2) is 19.4 Å². The monoisotopic (exact) mass is 371 g/mol. The number of pyridine rings is 1. The molecule has 0 saturated carbocycles. The molecule has 0 amide bonds. The standard InChI is InChI=1S/C18H12ClF2N5/c19-18-24-8-14(21)17(25-18)15-9-23-16-6-5-13(10-26(15)16)22-7-11-1-3-12(20)4-2-11/h1-6,8-10,22H,7H2. The molecular weight excluding hydrogens is 360 g/mol. The summed E-state index contributed by atoms with van der Waals surface area (Å²) < 4.78 is 28.8. The van der Waals surface area contributed by atoms with Crippen LogP contribution in [0.25, 0.3) is 17.0 Å². The van der Waals surface area contributed by atoms with Gasteiger partial charge in [0.15, 0.2) is 5.82 Å². The molecule has 4 aromatic rings. The smallest absolute Gasteiger partial charge is 0.223 e. The Kier molecular flexibility index (Phi) is 4.22. The summed E-state index contributed by atoms with van der Waals surface area (Å²) in [4.78, 5) is 11.8. The molecular formula is C18H12ClF2N5. The lowest BCUT2D eigenvalue weighted by Crippen LogP contribution is -2.01. The van der Waals surface area contributed by atoms with E-state index in [1.165, 1.54) is 18.3 Å². The van der Waals surface area contributed by atoms with Crippen LogP contribution in [0.15, 0.2) is 55.0 Å². The van der Waals surface area contributed by atoms with E-state index in [2.05, 4.69) is 20.3 Å². The van der Waals surface area contributed by atoms with E-state index in [1.807, 2.05) is 6.07 Å². The Balaban J connectivity index is 1.66.